The number of para-hydroxylation sites is 1. The summed E-state index contributed by atoms with van der Waals surface area (Å²) in [6.45, 7) is 4.56. The van der Waals surface area contributed by atoms with Gasteiger partial charge in [-0.05, 0) is 25.0 Å². The number of alkyl halides is 3. The molecule has 1 rings (SSSR count). The van der Waals surface area contributed by atoms with E-state index < -0.39 is 12.6 Å². The molecule has 0 saturated heterocycles. The minimum Gasteiger partial charge on any atom is -0.491 e. The zero-order chi connectivity index (χ0) is 16.6. The maximum absolute atomic E-state index is 12.1. The van der Waals surface area contributed by atoms with Crippen LogP contribution in [0.25, 0.3) is 0 Å². The van der Waals surface area contributed by atoms with Gasteiger partial charge in [0.1, 0.15) is 12.4 Å². The Labute approximate surface area is 151 Å². The SMILES string of the molecule is CN=C(NCCOc1c(C)cccc1C)NCCC(F)(F)F.I. The van der Waals surface area contributed by atoms with Gasteiger partial charge in [-0.25, -0.2) is 0 Å². The van der Waals surface area contributed by atoms with Gasteiger partial charge in [-0.1, -0.05) is 18.2 Å². The summed E-state index contributed by atoms with van der Waals surface area (Å²) in [5.41, 5.74) is 2.10. The predicted molar refractivity (Wildman–Crippen MR) is 96.9 cm³/mol. The summed E-state index contributed by atoms with van der Waals surface area (Å²) in [6.07, 6.45) is -5.07. The first-order valence-electron chi connectivity index (χ1n) is 7.04. The van der Waals surface area contributed by atoms with Gasteiger partial charge >= 0.3 is 6.18 Å². The molecule has 0 heterocycles. The van der Waals surface area contributed by atoms with Crippen LogP contribution in [0.5, 0.6) is 5.75 Å². The Kier molecular flexibility index (Phi) is 10.0. The quantitative estimate of drug-likeness (QED) is 0.306. The van der Waals surface area contributed by atoms with Crippen molar-refractivity contribution in [2.24, 2.45) is 4.99 Å². The Bertz CT molecular complexity index is 487. The zero-order valence-corrected chi connectivity index (χ0v) is 15.8. The molecule has 4 nitrogen and oxygen atoms in total. The van der Waals surface area contributed by atoms with Gasteiger partial charge in [0.25, 0.3) is 0 Å². The Balaban J connectivity index is 0.00000484. The number of ether oxygens (including phenoxy) is 1. The number of rotatable bonds is 6. The third kappa shape index (κ3) is 8.87. The van der Waals surface area contributed by atoms with E-state index in [9.17, 15) is 13.2 Å². The van der Waals surface area contributed by atoms with Crippen molar-refractivity contribution in [1.82, 2.24) is 10.6 Å². The van der Waals surface area contributed by atoms with Crippen LogP contribution in [-0.2, 0) is 0 Å². The smallest absolute Gasteiger partial charge is 0.390 e. The molecule has 2 N–H and O–H groups in total. The summed E-state index contributed by atoms with van der Waals surface area (Å²) in [6, 6.07) is 5.89. The summed E-state index contributed by atoms with van der Waals surface area (Å²) >= 11 is 0. The summed E-state index contributed by atoms with van der Waals surface area (Å²) in [5, 5.41) is 5.52. The van der Waals surface area contributed by atoms with E-state index in [4.69, 9.17) is 4.74 Å². The highest BCUT2D eigenvalue weighted by Gasteiger charge is 2.26. The van der Waals surface area contributed by atoms with Crippen molar-refractivity contribution in [3.05, 3.63) is 29.3 Å². The fourth-order valence-electron chi connectivity index (χ4n) is 1.89. The van der Waals surface area contributed by atoms with Gasteiger partial charge in [-0.2, -0.15) is 13.2 Å². The van der Waals surface area contributed by atoms with Crippen LogP contribution in [0.15, 0.2) is 23.2 Å². The van der Waals surface area contributed by atoms with Gasteiger partial charge in [0.05, 0.1) is 13.0 Å². The predicted octanol–water partition coefficient (Wildman–Crippen LogP) is 3.42. The van der Waals surface area contributed by atoms with Gasteiger partial charge in [0, 0.05) is 13.6 Å². The van der Waals surface area contributed by atoms with Crippen molar-refractivity contribution in [1.29, 1.82) is 0 Å². The molecule has 0 aliphatic rings. The Morgan fingerprint density at radius 3 is 2.22 bits per heavy atom. The van der Waals surface area contributed by atoms with Crippen LogP contribution in [0.3, 0.4) is 0 Å². The maximum Gasteiger partial charge on any atom is 0.390 e. The Hall–Kier alpha value is -1.19. The Morgan fingerprint density at radius 2 is 1.70 bits per heavy atom. The lowest BCUT2D eigenvalue weighted by Gasteiger charge is -2.15. The van der Waals surface area contributed by atoms with Gasteiger partial charge in [-0.15, -0.1) is 24.0 Å². The molecule has 0 saturated carbocycles. The van der Waals surface area contributed by atoms with E-state index in [1.54, 1.807) is 0 Å². The summed E-state index contributed by atoms with van der Waals surface area (Å²) < 4.78 is 41.9. The monoisotopic (exact) mass is 445 g/mol. The van der Waals surface area contributed by atoms with E-state index in [-0.39, 0.29) is 30.5 Å². The minimum absolute atomic E-state index is 0. The molecule has 132 valence electrons. The first kappa shape index (κ1) is 21.8. The highest BCUT2D eigenvalue weighted by atomic mass is 127. The Morgan fingerprint density at radius 1 is 1.13 bits per heavy atom. The molecule has 0 fully saturated rings. The average Bonchev–Trinajstić information content (AvgIpc) is 2.42. The van der Waals surface area contributed by atoms with Crippen molar-refractivity contribution >= 4 is 29.9 Å². The number of nitrogens with zero attached hydrogens (tertiary/aromatic N) is 1. The summed E-state index contributed by atoms with van der Waals surface area (Å²) in [5.74, 6) is 1.17. The number of benzene rings is 1. The standard InChI is InChI=1S/C15H22F3N3O.HI/c1-11-5-4-6-12(2)13(11)22-10-9-21-14(19-3)20-8-7-15(16,17)18;/h4-6H,7-10H2,1-3H3,(H2,19,20,21);1H. The second kappa shape index (κ2) is 10.6. The molecule has 0 aromatic heterocycles. The van der Waals surface area contributed by atoms with Crippen LogP contribution in [0, 0.1) is 13.8 Å². The molecule has 0 atom stereocenters. The number of hydrogen-bond acceptors (Lipinski definition) is 2. The molecule has 1 aromatic rings. The molecule has 0 spiro atoms. The van der Waals surface area contributed by atoms with Crippen LogP contribution in [0.2, 0.25) is 0 Å². The third-order valence-corrected chi connectivity index (χ3v) is 2.97. The van der Waals surface area contributed by atoms with E-state index in [0.29, 0.717) is 19.1 Å². The number of aliphatic imine (C=N–C) groups is 1. The highest BCUT2D eigenvalue weighted by molar-refractivity contribution is 14.0. The number of hydrogen-bond donors (Lipinski definition) is 2. The fourth-order valence-corrected chi connectivity index (χ4v) is 1.89. The van der Waals surface area contributed by atoms with Crippen LogP contribution in [0.4, 0.5) is 13.2 Å². The molecule has 8 heteroatoms. The molecule has 0 bridgehead atoms. The van der Waals surface area contributed by atoms with E-state index in [1.165, 1.54) is 7.05 Å². The molecule has 0 amide bonds. The average molecular weight is 445 g/mol. The summed E-state index contributed by atoms with van der Waals surface area (Å²) in [7, 11) is 1.51. The van der Waals surface area contributed by atoms with E-state index in [1.807, 2.05) is 32.0 Å². The maximum atomic E-state index is 12.1. The molecular weight excluding hydrogens is 422 g/mol. The summed E-state index contributed by atoms with van der Waals surface area (Å²) in [4.78, 5) is 3.86. The van der Waals surface area contributed by atoms with Crippen molar-refractivity contribution < 1.29 is 17.9 Å². The van der Waals surface area contributed by atoms with Crippen molar-refractivity contribution in [2.75, 3.05) is 26.7 Å². The molecule has 0 aliphatic carbocycles. The number of nitrogens with one attached hydrogen (secondary N) is 2. The molecule has 23 heavy (non-hydrogen) atoms. The first-order valence-corrected chi connectivity index (χ1v) is 7.04. The lowest BCUT2D eigenvalue weighted by Crippen LogP contribution is -2.40. The highest BCUT2D eigenvalue weighted by Crippen LogP contribution is 2.21. The molecule has 0 radical (unpaired) electrons. The van der Waals surface area contributed by atoms with Crippen LogP contribution in [0.1, 0.15) is 17.5 Å². The minimum atomic E-state index is -4.17. The number of aryl methyl sites for hydroxylation is 2. The van der Waals surface area contributed by atoms with Crippen LogP contribution in [-0.4, -0.2) is 38.9 Å². The number of halogens is 4. The second-order valence-electron chi connectivity index (χ2n) is 4.86. The molecule has 1 aromatic carbocycles. The molecule has 0 unspecified atom stereocenters. The first-order chi connectivity index (χ1) is 10.3. The largest absolute Gasteiger partial charge is 0.491 e. The van der Waals surface area contributed by atoms with Crippen molar-refractivity contribution in [3.63, 3.8) is 0 Å². The van der Waals surface area contributed by atoms with E-state index >= 15 is 0 Å². The van der Waals surface area contributed by atoms with E-state index in [0.717, 1.165) is 16.9 Å². The zero-order valence-electron chi connectivity index (χ0n) is 13.5. The lowest BCUT2D eigenvalue weighted by molar-refractivity contribution is -0.132. The molecular formula is C15H23F3IN3O. The normalized spacial score (nSPS) is 11.7. The van der Waals surface area contributed by atoms with Gasteiger partial charge in [0.15, 0.2) is 5.96 Å². The van der Waals surface area contributed by atoms with Gasteiger partial charge in [-0.3, -0.25) is 4.99 Å². The topological polar surface area (TPSA) is 45.7 Å². The van der Waals surface area contributed by atoms with Crippen molar-refractivity contribution in [2.45, 2.75) is 26.4 Å². The van der Waals surface area contributed by atoms with E-state index in [2.05, 4.69) is 15.6 Å². The fraction of sp³-hybridized carbons (Fsp3) is 0.533. The lowest BCUT2D eigenvalue weighted by atomic mass is 10.1. The van der Waals surface area contributed by atoms with Crippen molar-refractivity contribution in [3.8, 4) is 5.75 Å². The van der Waals surface area contributed by atoms with Crippen LogP contribution >= 0.6 is 24.0 Å². The van der Waals surface area contributed by atoms with Gasteiger partial charge in [0.2, 0.25) is 0 Å². The van der Waals surface area contributed by atoms with Gasteiger partial charge < -0.3 is 15.4 Å². The third-order valence-electron chi connectivity index (χ3n) is 2.97. The van der Waals surface area contributed by atoms with Crippen LogP contribution < -0.4 is 15.4 Å². The second-order valence-corrected chi connectivity index (χ2v) is 4.86. The number of guanidine groups is 1. The molecule has 0 aliphatic heterocycles.